The first-order valence-corrected chi connectivity index (χ1v) is 5.94. The standard InChI is InChI=1S/C12H21N3O/c1-9(2)5-10(6-13)7-15-4-3-11(8-15)12(14)16/h9-11H,3-5,7-8H2,1-2H3,(H2,14,16)/t10-,11-/m0/s1. The van der Waals surface area contributed by atoms with Crippen molar-refractivity contribution in [3.63, 3.8) is 0 Å². The molecule has 0 aliphatic carbocycles. The Morgan fingerprint density at radius 1 is 1.62 bits per heavy atom. The van der Waals surface area contributed by atoms with Crippen molar-refractivity contribution in [2.24, 2.45) is 23.5 Å². The Kier molecular flexibility index (Phi) is 4.75. The average molecular weight is 223 g/mol. The lowest BCUT2D eigenvalue weighted by atomic mass is 9.98. The Morgan fingerprint density at radius 2 is 2.31 bits per heavy atom. The van der Waals surface area contributed by atoms with E-state index in [0.717, 1.165) is 32.5 Å². The number of primary amides is 1. The van der Waals surface area contributed by atoms with Gasteiger partial charge in [-0.15, -0.1) is 0 Å². The Morgan fingerprint density at radius 3 is 2.75 bits per heavy atom. The lowest BCUT2D eigenvalue weighted by molar-refractivity contribution is -0.121. The predicted molar refractivity (Wildman–Crippen MR) is 62.3 cm³/mol. The molecule has 2 atom stereocenters. The van der Waals surface area contributed by atoms with Crippen LogP contribution in [0.5, 0.6) is 0 Å². The normalized spacial score (nSPS) is 23.2. The summed E-state index contributed by atoms with van der Waals surface area (Å²) in [6, 6.07) is 2.35. The largest absolute Gasteiger partial charge is 0.369 e. The molecule has 0 unspecified atom stereocenters. The van der Waals surface area contributed by atoms with E-state index in [0.29, 0.717) is 5.92 Å². The molecule has 1 fully saturated rings. The summed E-state index contributed by atoms with van der Waals surface area (Å²) in [6.45, 7) is 6.65. The van der Waals surface area contributed by atoms with Crippen LogP contribution >= 0.6 is 0 Å². The van der Waals surface area contributed by atoms with Gasteiger partial charge < -0.3 is 10.6 Å². The molecule has 4 nitrogen and oxygen atoms in total. The van der Waals surface area contributed by atoms with Gasteiger partial charge in [0, 0.05) is 13.1 Å². The minimum absolute atomic E-state index is 0.0154. The molecule has 4 heteroatoms. The van der Waals surface area contributed by atoms with Gasteiger partial charge in [-0.3, -0.25) is 4.79 Å². The van der Waals surface area contributed by atoms with E-state index in [1.807, 2.05) is 0 Å². The molecule has 1 rings (SSSR count). The summed E-state index contributed by atoms with van der Waals surface area (Å²) in [5, 5.41) is 9.04. The Hall–Kier alpha value is -1.08. The molecule has 0 aromatic carbocycles. The van der Waals surface area contributed by atoms with Gasteiger partial charge in [-0.05, 0) is 25.3 Å². The van der Waals surface area contributed by atoms with Crippen molar-refractivity contribution in [2.45, 2.75) is 26.7 Å². The van der Waals surface area contributed by atoms with Crippen LogP contribution in [0.3, 0.4) is 0 Å². The topological polar surface area (TPSA) is 70.1 Å². The van der Waals surface area contributed by atoms with Gasteiger partial charge >= 0.3 is 0 Å². The molecule has 1 amide bonds. The summed E-state index contributed by atoms with van der Waals surface area (Å²) >= 11 is 0. The monoisotopic (exact) mass is 223 g/mol. The molecule has 0 spiro atoms. The first kappa shape index (κ1) is 13.0. The minimum Gasteiger partial charge on any atom is -0.369 e. The molecular formula is C12H21N3O. The van der Waals surface area contributed by atoms with Gasteiger partial charge in [0.15, 0.2) is 0 Å². The van der Waals surface area contributed by atoms with Crippen molar-refractivity contribution in [3.8, 4) is 6.07 Å². The summed E-state index contributed by atoms with van der Waals surface area (Å²) in [6.07, 6.45) is 1.77. The van der Waals surface area contributed by atoms with Crippen molar-refractivity contribution < 1.29 is 4.79 Å². The highest BCUT2D eigenvalue weighted by Crippen LogP contribution is 2.19. The predicted octanol–water partition coefficient (Wildman–Crippen LogP) is 0.979. The van der Waals surface area contributed by atoms with Crippen molar-refractivity contribution in [1.29, 1.82) is 5.26 Å². The van der Waals surface area contributed by atoms with Crippen molar-refractivity contribution in [1.82, 2.24) is 4.90 Å². The third kappa shape index (κ3) is 3.82. The van der Waals surface area contributed by atoms with E-state index < -0.39 is 0 Å². The molecule has 1 heterocycles. The number of rotatable bonds is 5. The van der Waals surface area contributed by atoms with Gasteiger partial charge in [-0.1, -0.05) is 13.8 Å². The fourth-order valence-electron chi connectivity index (χ4n) is 2.28. The van der Waals surface area contributed by atoms with Crippen LogP contribution < -0.4 is 5.73 Å². The zero-order chi connectivity index (χ0) is 12.1. The van der Waals surface area contributed by atoms with E-state index in [1.165, 1.54) is 0 Å². The number of nitrogens with zero attached hydrogens (tertiary/aromatic N) is 2. The molecule has 2 N–H and O–H groups in total. The summed E-state index contributed by atoms with van der Waals surface area (Å²) in [5.41, 5.74) is 5.27. The third-order valence-corrected chi connectivity index (χ3v) is 3.09. The van der Waals surface area contributed by atoms with Crippen LogP contribution in [0.2, 0.25) is 0 Å². The average Bonchev–Trinajstić information content (AvgIpc) is 2.64. The molecule has 0 bridgehead atoms. The third-order valence-electron chi connectivity index (χ3n) is 3.09. The van der Waals surface area contributed by atoms with Crippen LogP contribution in [-0.4, -0.2) is 30.4 Å². The van der Waals surface area contributed by atoms with Crippen molar-refractivity contribution >= 4 is 5.91 Å². The van der Waals surface area contributed by atoms with E-state index in [2.05, 4.69) is 24.8 Å². The number of nitriles is 1. The van der Waals surface area contributed by atoms with Crippen LogP contribution in [0.25, 0.3) is 0 Å². The quantitative estimate of drug-likeness (QED) is 0.755. The lowest BCUT2D eigenvalue weighted by Gasteiger charge is -2.20. The summed E-state index contributed by atoms with van der Waals surface area (Å²) in [4.78, 5) is 13.2. The smallest absolute Gasteiger partial charge is 0.221 e. The highest BCUT2D eigenvalue weighted by molar-refractivity contribution is 5.77. The number of nitrogens with two attached hydrogens (primary N) is 1. The molecule has 1 aliphatic heterocycles. The Bertz CT molecular complexity index is 282. The van der Waals surface area contributed by atoms with Gasteiger partial charge in [0.1, 0.15) is 0 Å². The fourth-order valence-corrected chi connectivity index (χ4v) is 2.28. The highest BCUT2D eigenvalue weighted by atomic mass is 16.1. The van der Waals surface area contributed by atoms with Crippen LogP contribution in [0, 0.1) is 29.1 Å². The second-order valence-corrected chi connectivity index (χ2v) is 5.10. The maximum atomic E-state index is 11.0. The van der Waals surface area contributed by atoms with Crippen molar-refractivity contribution in [2.75, 3.05) is 19.6 Å². The van der Waals surface area contributed by atoms with Crippen LogP contribution in [0.1, 0.15) is 26.7 Å². The summed E-state index contributed by atoms with van der Waals surface area (Å²) in [5.74, 6) is 0.393. The number of hydrogen-bond acceptors (Lipinski definition) is 3. The fraction of sp³-hybridized carbons (Fsp3) is 0.833. The van der Waals surface area contributed by atoms with E-state index in [4.69, 9.17) is 11.0 Å². The van der Waals surface area contributed by atoms with Crippen LogP contribution in [0.15, 0.2) is 0 Å². The molecular weight excluding hydrogens is 202 g/mol. The first-order chi connectivity index (χ1) is 7.52. The summed E-state index contributed by atoms with van der Waals surface area (Å²) < 4.78 is 0. The van der Waals surface area contributed by atoms with Gasteiger partial charge in [0.05, 0.1) is 17.9 Å². The zero-order valence-corrected chi connectivity index (χ0v) is 10.1. The van der Waals surface area contributed by atoms with Gasteiger partial charge in [0.2, 0.25) is 5.91 Å². The van der Waals surface area contributed by atoms with Crippen molar-refractivity contribution in [3.05, 3.63) is 0 Å². The Balaban J connectivity index is 2.38. The van der Waals surface area contributed by atoms with Gasteiger partial charge in [0.25, 0.3) is 0 Å². The second kappa shape index (κ2) is 5.86. The van der Waals surface area contributed by atoms with Crippen LogP contribution in [0.4, 0.5) is 0 Å². The number of amides is 1. The maximum absolute atomic E-state index is 11.0. The van der Waals surface area contributed by atoms with E-state index >= 15 is 0 Å². The summed E-state index contributed by atoms with van der Waals surface area (Å²) in [7, 11) is 0. The Labute approximate surface area is 97.4 Å². The second-order valence-electron chi connectivity index (χ2n) is 5.10. The SMILES string of the molecule is CC(C)C[C@@H](C#N)CN1CC[C@H](C(N)=O)C1. The molecule has 16 heavy (non-hydrogen) atoms. The zero-order valence-electron chi connectivity index (χ0n) is 10.1. The van der Waals surface area contributed by atoms with E-state index in [1.54, 1.807) is 0 Å². The van der Waals surface area contributed by atoms with E-state index in [-0.39, 0.29) is 17.7 Å². The maximum Gasteiger partial charge on any atom is 0.221 e. The first-order valence-electron chi connectivity index (χ1n) is 5.94. The number of likely N-dealkylation sites (tertiary alicyclic amines) is 1. The van der Waals surface area contributed by atoms with Crippen LogP contribution in [-0.2, 0) is 4.79 Å². The number of carbonyl (C=O) groups excluding carboxylic acids is 1. The molecule has 1 saturated heterocycles. The molecule has 90 valence electrons. The molecule has 1 aliphatic rings. The van der Waals surface area contributed by atoms with Gasteiger partial charge in [-0.2, -0.15) is 5.26 Å². The van der Waals surface area contributed by atoms with Gasteiger partial charge in [-0.25, -0.2) is 0 Å². The minimum atomic E-state index is -0.208. The van der Waals surface area contributed by atoms with E-state index in [9.17, 15) is 4.79 Å². The molecule has 0 aromatic rings. The molecule has 0 radical (unpaired) electrons. The highest BCUT2D eigenvalue weighted by Gasteiger charge is 2.28. The molecule has 0 aromatic heterocycles. The number of carbonyl (C=O) groups is 1. The number of hydrogen-bond donors (Lipinski definition) is 1. The molecule has 0 saturated carbocycles. The lowest BCUT2D eigenvalue weighted by Crippen LogP contribution is -2.30.